The molecule has 0 unspecified atom stereocenters. The molecule has 0 radical (unpaired) electrons. The molecule has 0 aliphatic carbocycles. The molecule has 0 saturated carbocycles. The largest absolute Gasteiger partial charge is 0.480 e. The van der Waals surface area contributed by atoms with E-state index in [9.17, 15) is 9.59 Å². The van der Waals surface area contributed by atoms with Gasteiger partial charge in [-0.05, 0) is 17.9 Å². The van der Waals surface area contributed by atoms with Gasteiger partial charge in [-0.2, -0.15) is 0 Å². The average Bonchev–Trinajstić information content (AvgIpc) is 3.08. The zero-order chi connectivity index (χ0) is 15.2. The molecular weight excluding hydrogens is 308 g/mol. The number of hydrogen-bond acceptors (Lipinski definition) is 5. The monoisotopic (exact) mass is 324 g/mol. The summed E-state index contributed by atoms with van der Waals surface area (Å²) < 4.78 is 0. The number of carboxylic acids is 1. The van der Waals surface area contributed by atoms with Crippen molar-refractivity contribution in [3.8, 4) is 9.88 Å². The summed E-state index contributed by atoms with van der Waals surface area (Å²) in [6, 6.07) is 3.11. The molecule has 0 aliphatic rings. The fourth-order valence-corrected chi connectivity index (χ4v) is 3.49. The van der Waals surface area contributed by atoms with Gasteiger partial charge in [-0.15, -0.1) is 22.7 Å². The van der Waals surface area contributed by atoms with Crippen molar-refractivity contribution in [2.24, 2.45) is 0 Å². The van der Waals surface area contributed by atoms with Gasteiger partial charge in [0, 0.05) is 5.38 Å². The van der Waals surface area contributed by atoms with E-state index >= 15 is 0 Å². The third-order valence-corrected chi connectivity index (χ3v) is 4.77. The minimum absolute atomic E-state index is 0.107. The summed E-state index contributed by atoms with van der Waals surface area (Å²) in [5.74, 6) is -1.30. The summed E-state index contributed by atoms with van der Waals surface area (Å²) in [6.07, 6.45) is 1.24. The van der Waals surface area contributed by atoms with Crippen LogP contribution in [0.3, 0.4) is 0 Å². The third-order valence-electron chi connectivity index (χ3n) is 2.84. The number of carbonyl (C=O) groups is 2. The summed E-state index contributed by atoms with van der Waals surface area (Å²) in [5.41, 5.74) is 0.668. The Bertz CT molecular complexity index is 608. The van der Waals surface area contributed by atoms with Gasteiger partial charge in [0.05, 0.1) is 17.0 Å². The summed E-state index contributed by atoms with van der Waals surface area (Å²) in [7, 11) is 0. The van der Waals surface area contributed by atoms with E-state index in [1.165, 1.54) is 11.3 Å². The van der Waals surface area contributed by atoms with Crippen LogP contribution in [0, 0.1) is 0 Å². The summed E-state index contributed by atoms with van der Waals surface area (Å²) in [5, 5.41) is 16.3. The predicted octanol–water partition coefficient (Wildman–Crippen LogP) is 2.78. The number of rotatable bonds is 7. The van der Waals surface area contributed by atoms with Gasteiger partial charge < -0.3 is 10.4 Å². The van der Waals surface area contributed by atoms with E-state index in [1.54, 1.807) is 11.3 Å². The minimum atomic E-state index is -0.997. The SMILES string of the molecule is CCC[C@@H](NC(=O)Cc1csc(-c2cccs2)n1)C(=O)O. The third kappa shape index (κ3) is 4.37. The highest BCUT2D eigenvalue weighted by Crippen LogP contribution is 2.27. The number of hydrogen-bond donors (Lipinski definition) is 2. The number of amides is 1. The molecule has 1 amide bonds. The molecule has 7 heteroatoms. The number of thiazole rings is 1. The Hall–Kier alpha value is -1.73. The topological polar surface area (TPSA) is 79.3 Å². The van der Waals surface area contributed by atoms with Crippen LogP contribution < -0.4 is 5.32 Å². The van der Waals surface area contributed by atoms with Crippen molar-refractivity contribution in [2.75, 3.05) is 0 Å². The normalized spacial score (nSPS) is 12.0. The lowest BCUT2D eigenvalue weighted by Crippen LogP contribution is -2.41. The zero-order valence-corrected chi connectivity index (χ0v) is 13.2. The van der Waals surface area contributed by atoms with E-state index in [0.29, 0.717) is 18.5 Å². The molecule has 5 nitrogen and oxygen atoms in total. The number of thiophene rings is 1. The molecule has 0 aromatic carbocycles. The second-order valence-corrected chi connectivity index (χ2v) is 6.35. The molecule has 0 saturated heterocycles. The number of aliphatic carboxylic acids is 1. The van der Waals surface area contributed by atoms with Crippen LogP contribution >= 0.6 is 22.7 Å². The van der Waals surface area contributed by atoms with Crippen LogP contribution in [0.5, 0.6) is 0 Å². The molecule has 0 fully saturated rings. The van der Waals surface area contributed by atoms with E-state index in [-0.39, 0.29) is 12.3 Å². The number of aromatic nitrogens is 1. The first-order valence-corrected chi connectivity index (χ1v) is 8.36. The maximum absolute atomic E-state index is 11.9. The maximum Gasteiger partial charge on any atom is 0.326 e. The molecule has 2 aromatic rings. The van der Waals surface area contributed by atoms with Crippen LogP contribution in [0.2, 0.25) is 0 Å². The second kappa shape index (κ2) is 7.33. The Morgan fingerprint density at radius 2 is 2.24 bits per heavy atom. The summed E-state index contributed by atoms with van der Waals surface area (Å²) >= 11 is 3.09. The number of carboxylic acid groups (broad SMARTS) is 1. The van der Waals surface area contributed by atoms with Crippen LogP contribution in [0.25, 0.3) is 9.88 Å². The number of nitrogens with one attached hydrogen (secondary N) is 1. The lowest BCUT2D eigenvalue weighted by molar-refractivity contribution is -0.141. The molecule has 2 N–H and O–H groups in total. The minimum Gasteiger partial charge on any atom is -0.480 e. The summed E-state index contributed by atoms with van der Waals surface area (Å²) in [6.45, 7) is 1.88. The predicted molar refractivity (Wildman–Crippen MR) is 83.6 cm³/mol. The lowest BCUT2D eigenvalue weighted by Gasteiger charge is -2.12. The highest BCUT2D eigenvalue weighted by Gasteiger charge is 2.19. The van der Waals surface area contributed by atoms with Gasteiger partial charge in [-0.1, -0.05) is 19.4 Å². The Morgan fingerprint density at radius 1 is 1.43 bits per heavy atom. The van der Waals surface area contributed by atoms with E-state index in [2.05, 4.69) is 10.3 Å². The second-order valence-electron chi connectivity index (χ2n) is 4.55. The molecule has 0 spiro atoms. The van der Waals surface area contributed by atoms with Gasteiger partial charge in [0.25, 0.3) is 0 Å². The molecule has 0 bridgehead atoms. The molecular formula is C14H16N2O3S2. The number of nitrogens with zero attached hydrogens (tertiary/aromatic N) is 1. The first-order chi connectivity index (χ1) is 10.1. The van der Waals surface area contributed by atoms with Crippen LogP contribution in [-0.2, 0) is 16.0 Å². The van der Waals surface area contributed by atoms with Crippen LogP contribution in [0.4, 0.5) is 0 Å². The van der Waals surface area contributed by atoms with Crippen molar-refractivity contribution < 1.29 is 14.7 Å². The van der Waals surface area contributed by atoms with Crippen molar-refractivity contribution in [3.63, 3.8) is 0 Å². The zero-order valence-electron chi connectivity index (χ0n) is 11.5. The molecule has 21 heavy (non-hydrogen) atoms. The van der Waals surface area contributed by atoms with Crippen molar-refractivity contribution in [2.45, 2.75) is 32.2 Å². The van der Waals surface area contributed by atoms with Gasteiger partial charge in [-0.25, -0.2) is 9.78 Å². The van der Waals surface area contributed by atoms with E-state index in [4.69, 9.17) is 5.11 Å². The van der Waals surface area contributed by atoms with Gasteiger partial charge in [0.2, 0.25) is 5.91 Å². The molecule has 112 valence electrons. The Morgan fingerprint density at radius 3 is 2.86 bits per heavy atom. The lowest BCUT2D eigenvalue weighted by atomic mass is 10.1. The maximum atomic E-state index is 11.9. The highest BCUT2D eigenvalue weighted by atomic mass is 32.1. The van der Waals surface area contributed by atoms with E-state index in [0.717, 1.165) is 9.88 Å². The fourth-order valence-electron chi connectivity index (χ4n) is 1.86. The first-order valence-electron chi connectivity index (χ1n) is 6.60. The van der Waals surface area contributed by atoms with Crippen molar-refractivity contribution in [1.82, 2.24) is 10.3 Å². The standard InChI is InChI=1S/C14H16N2O3S2/c1-2-4-10(14(18)19)16-12(17)7-9-8-21-13(15-9)11-5-3-6-20-11/h3,5-6,8,10H,2,4,7H2,1H3,(H,16,17)(H,18,19)/t10-/m1/s1. The fraction of sp³-hybridized carbons (Fsp3) is 0.357. The smallest absolute Gasteiger partial charge is 0.326 e. The van der Waals surface area contributed by atoms with Crippen LogP contribution in [0.15, 0.2) is 22.9 Å². The van der Waals surface area contributed by atoms with Crippen LogP contribution in [-0.4, -0.2) is 28.0 Å². The highest BCUT2D eigenvalue weighted by molar-refractivity contribution is 7.20. The van der Waals surface area contributed by atoms with Crippen LogP contribution in [0.1, 0.15) is 25.5 Å². The molecule has 2 rings (SSSR count). The van der Waals surface area contributed by atoms with E-state index < -0.39 is 12.0 Å². The van der Waals surface area contributed by atoms with Gasteiger partial charge >= 0.3 is 5.97 Å². The van der Waals surface area contributed by atoms with Crippen molar-refractivity contribution in [3.05, 3.63) is 28.6 Å². The molecule has 1 atom stereocenters. The van der Waals surface area contributed by atoms with Gasteiger partial charge in [0.1, 0.15) is 11.0 Å². The first kappa shape index (κ1) is 15.7. The molecule has 2 heterocycles. The Balaban J connectivity index is 1.95. The Kier molecular flexibility index (Phi) is 5.46. The van der Waals surface area contributed by atoms with Crippen molar-refractivity contribution in [1.29, 1.82) is 0 Å². The van der Waals surface area contributed by atoms with Crippen molar-refractivity contribution >= 4 is 34.6 Å². The van der Waals surface area contributed by atoms with E-state index in [1.807, 2.05) is 29.8 Å². The summed E-state index contributed by atoms with van der Waals surface area (Å²) in [4.78, 5) is 28.4. The molecule has 0 aliphatic heterocycles. The number of carbonyl (C=O) groups excluding carboxylic acids is 1. The Labute approximate surface area is 130 Å². The van der Waals surface area contributed by atoms with Gasteiger partial charge in [0.15, 0.2) is 0 Å². The molecule has 2 aromatic heterocycles. The average molecular weight is 324 g/mol. The van der Waals surface area contributed by atoms with Gasteiger partial charge in [-0.3, -0.25) is 4.79 Å². The quantitative estimate of drug-likeness (QED) is 0.821.